The average Bonchev–Trinajstić information content (AvgIpc) is 2.46. The molecule has 0 atom stereocenters. The molecule has 3 heteroatoms. The van der Waals surface area contributed by atoms with E-state index >= 15 is 0 Å². The molecule has 1 rings (SSSR count). The minimum absolute atomic E-state index is 0.0997. The summed E-state index contributed by atoms with van der Waals surface area (Å²) >= 11 is 0. The van der Waals surface area contributed by atoms with Gasteiger partial charge in [-0.05, 0) is 42.9 Å². The number of rotatable bonds is 9. The van der Waals surface area contributed by atoms with Crippen LogP contribution in [0.5, 0.6) is 0 Å². The number of benzene rings is 1. The number of hydrogen-bond donors (Lipinski definition) is 2. The summed E-state index contributed by atoms with van der Waals surface area (Å²) in [5.41, 5.74) is 3.46. The molecule has 1 amide bonds. The fourth-order valence-corrected chi connectivity index (χ4v) is 2.32. The van der Waals surface area contributed by atoms with Crippen LogP contribution in [-0.4, -0.2) is 19.0 Å². The average molecular weight is 290 g/mol. The summed E-state index contributed by atoms with van der Waals surface area (Å²) in [7, 11) is 0. The second kappa shape index (κ2) is 9.56. The van der Waals surface area contributed by atoms with Crippen LogP contribution < -0.4 is 10.6 Å². The van der Waals surface area contributed by atoms with Gasteiger partial charge in [-0.25, -0.2) is 0 Å². The van der Waals surface area contributed by atoms with Gasteiger partial charge in [-0.15, -0.1) is 0 Å². The van der Waals surface area contributed by atoms with E-state index in [1.54, 1.807) is 0 Å². The predicted molar refractivity (Wildman–Crippen MR) is 90.8 cm³/mol. The number of para-hydroxylation sites is 1. The first kappa shape index (κ1) is 17.7. The fraction of sp³-hybridized carbons (Fsp3) is 0.611. The lowest BCUT2D eigenvalue weighted by atomic mass is 10.0. The topological polar surface area (TPSA) is 41.1 Å². The normalized spacial score (nSPS) is 10.9. The maximum atomic E-state index is 12.1. The van der Waals surface area contributed by atoms with Crippen molar-refractivity contribution in [1.29, 1.82) is 0 Å². The van der Waals surface area contributed by atoms with Crippen LogP contribution in [0.4, 0.5) is 5.69 Å². The SMILES string of the molecule is CCc1cccc(CC)c1NC(=O)CCNCCC(C)C. The molecular weight excluding hydrogens is 260 g/mol. The molecule has 0 spiro atoms. The van der Waals surface area contributed by atoms with Gasteiger partial charge in [0, 0.05) is 18.7 Å². The summed E-state index contributed by atoms with van der Waals surface area (Å²) in [5, 5.41) is 6.43. The van der Waals surface area contributed by atoms with Gasteiger partial charge in [-0.2, -0.15) is 0 Å². The molecule has 1 aromatic carbocycles. The van der Waals surface area contributed by atoms with Gasteiger partial charge in [0.15, 0.2) is 0 Å². The number of carbonyl (C=O) groups excluding carboxylic acids is 1. The summed E-state index contributed by atoms with van der Waals surface area (Å²) in [4.78, 5) is 12.1. The van der Waals surface area contributed by atoms with Gasteiger partial charge in [-0.3, -0.25) is 4.79 Å². The number of nitrogens with one attached hydrogen (secondary N) is 2. The lowest BCUT2D eigenvalue weighted by Crippen LogP contribution is -2.24. The zero-order valence-electron chi connectivity index (χ0n) is 14.0. The van der Waals surface area contributed by atoms with Crippen molar-refractivity contribution in [3.05, 3.63) is 29.3 Å². The molecule has 0 aliphatic carbocycles. The lowest BCUT2D eigenvalue weighted by molar-refractivity contribution is -0.116. The van der Waals surface area contributed by atoms with E-state index in [0.29, 0.717) is 12.3 Å². The molecule has 118 valence electrons. The highest BCUT2D eigenvalue weighted by Gasteiger charge is 2.09. The third-order valence-corrected chi connectivity index (χ3v) is 3.69. The van der Waals surface area contributed by atoms with Gasteiger partial charge < -0.3 is 10.6 Å². The summed E-state index contributed by atoms with van der Waals surface area (Å²) in [5.74, 6) is 0.803. The van der Waals surface area contributed by atoms with Crippen molar-refractivity contribution in [2.24, 2.45) is 5.92 Å². The van der Waals surface area contributed by atoms with Gasteiger partial charge in [0.25, 0.3) is 0 Å². The Balaban J connectivity index is 2.47. The molecule has 21 heavy (non-hydrogen) atoms. The predicted octanol–water partition coefficient (Wildman–Crippen LogP) is 3.78. The fourth-order valence-electron chi connectivity index (χ4n) is 2.32. The molecule has 0 radical (unpaired) electrons. The molecule has 0 fully saturated rings. The van der Waals surface area contributed by atoms with E-state index in [4.69, 9.17) is 0 Å². The minimum atomic E-state index is 0.0997. The number of carbonyl (C=O) groups is 1. The standard InChI is InChI=1S/C18H30N2O/c1-5-15-8-7-9-16(6-2)18(15)20-17(21)11-13-19-12-10-14(3)4/h7-9,14,19H,5-6,10-13H2,1-4H3,(H,20,21). The van der Waals surface area contributed by atoms with Crippen LogP contribution in [0.3, 0.4) is 0 Å². The van der Waals surface area contributed by atoms with E-state index in [9.17, 15) is 4.79 Å². The maximum Gasteiger partial charge on any atom is 0.225 e. The summed E-state index contributed by atoms with van der Waals surface area (Å²) in [6, 6.07) is 6.26. The molecule has 0 aliphatic heterocycles. The van der Waals surface area contributed by atoms with Crippen molar-refractivity contribution in [3.63, 3.8) is 0 Å². The molecule has 0 aliphatic rings. The second-order valence-electron chi connectivity index (χ2n) is 5.89. The highest BCUT2D eigenvalue weighted by Crippen LogP contribution is 2.22. The highest BCUT2D eigenvalue weighted by atomic mass is 16.1. The van der Waals surface area contributed by atoms with Crippen molar-refractivity contribution in [2.75, 3.05) is 18.4 Å². The van der Waals surface area contributed by atoms with Gasteiger partial charge in [0.05, 0.1) is 0 Å². The molecular formula is C18H30N2O. The number of anilines is 1. The van der Waals surface area contributed by atoms with Crippen molar-refractivity contribution < 1.29 is 4.79 Å². The Bertz CT molecular complexity index is 419. The molecule has 1 aromatic rings. The van der Waals surface area contributed by atoms with Gasteiger partial charge >= 0.3 is 0 Å². The van der Waals surface area contributed by atoms with Crippen LogP contribution in [0.2, 0.25) is 0 Å². The van der Waals surface area contributed by atoms with Crippen LogP contribution >= 0.6 is 0 Å². The monoisotopic (exact) mass is 290 g/mol. The van der Waals surface area contributed by atoms with Crippen LogP contribution in [0.25, 0.3) is 0 Å². The molecule has 0 saturated carbocycles. The van der Waals surface area contributed by atoms with Gasteiger partial charge in [-0.1, -0.05) is 45.9 Å². The molecule has 0 bridgehead atoms. The zero-order chi connectivity index (χ0) is 15.7. The van der Waals surface area contributed by atoms with E-state index in [1.807, 2.05) is 0 Å². The first-order chi connectivity index (χ1) is 10.1. The Labute approximate surface area is 129 Å². The Morgan fingerprint density at radius 1 is 1.10 bits per heavy atom. The smallest absolute Gasteiger partial charge is 0.225 e. The summed E-state index contributed by atoms with van der Waals surface area (Å²) in [6.07, 6.45) is 3.56. The Kier molecular flexibility index (Phi) is 8.06. The van der Waals surface area contributed by atoms with E-state index in [-0.39, 0.29) is 5.91 Å². The maximum absolute atomic E-state index is 12.1. The van der Waals surface area contributed by atoms with Crippen molar-refractivity contribution in [1.82, 2.24) is 5.32 Å². The lowest BCUT2D eigenvalue weighted by Gasteiger charge is -2.14. The number of aryl methyl sites for hydroxylation is 2. The number of amides is 1. The minimum Gasteiger partial charge on any atom is -0.326 e. The first-order valence-electron chi connectivity index (χ1n) is 8.19. The zero-order valence-corrected chi connectivity index (χ0v) is 14.0. The first-order valence-corrected chi connectivity index (χ1v) is 8.19. The van der Waals surface area contributed by atoms with Crippen LogP contribution in [0, 0.1) is 5.92 Å². The number of hydrogen-bond acceptors (Lipinski definition) is 2. The molecule has 0 unspecified atom stereocenters. The van der Waals surface area contributed by atoms with E-state index in [0.717, 1.165) is 38.0 Å². The van der Waals surface area contributed by atoms with Crippen LogP contribution in [0.1, 0.15) is 51.7 Å². The molecule has 0 aromatic heterocycles. The van der Waals surface area contributed by atoms with Crippen LogP contribution in [0.15, 0.2) is 18.2 Å². The second-order valence-corrected chi connectivity index (χ2v) is 5.89. The third kappa shape index (κ3) is 6.30. The Morgan fingerprint density at radius 3 is 2.24 bits per heavy atom. The van der Waals surface area contributed by atoms with Gasteiger partial charge in [0.1, 0.15) is 0 Å². The van der Waals surface area contributed by atoms with Gasteiger partial charge in [0.2, 0.25) is 5.91 Å². The van der Waals surface area contributed by atoms with Crippen LogP contribution in [-0.2, 0) is 17.6 Å². The third-order valence-electron chi connectivity index (χ3n) is 3.69. The largest absolute Gasteiger partial charge is 0.326 e. The Hall–Kier alpha value is -1.35. The van der Waals surface area contributed by atoms with E-state index in [2.05, 4.69) is 56.5 Å². The van der Waals surface area contributed by atoms with E-state index in [1.165, 1.54) is 11.1 Å². The molecule has 3 nitrogen and oxygen atoms in total. The Morgan fingerprint density at radius 2 is 1.71 bits per heavy atom. The summed E-state index contributed by atoms with van der Waals surface area (Å²) in [6.45, 7) is 10.4. The quantitative estimate of drug-likeness (QED) is 0.680. The molecule has 0 saturated heterocycles. The van der Waals surface area contributed by atoms with E-state index < -0.39 is 0 Å². The van der Waals surface area contributed by atoms with Crippen molar-refractivity contribution in [3.8, 4) is 0 Å². The summed E-state index contributed by atoms with van der Waals surface area (Å²) < 4.78 is 0. The van der Waals surface area contributed by atoms with Crippen molar-refractivity contribution >= 4 is 11.6 Å². The van der Waals surface area contributed by atoms with Crippen molar-refractivity contribution in [2.45, 2.75) is 53.4 Å². The molecule has 2 N–H and O–H groups in total. The molecule has 0 heterocycles. The highest BCUT2D eigenvalue weighted by molar-refractivity contribution is 5.92.